The van der Waals surface area contributed by atoms with E-state index in [0.717, 1.165) is 0 Å². The van der Waals surface area contributed by atoms with Crippen LogP contribution in [-0.4, -0.2) is 23.0 Å². The quantitative estimate of drug-likeness (QED) is 0.619. The minimum absolute atomic E-state index is 0.170. The molecule has 2 N–H and O–H groups in total. The van der Waals surface area contributed by atoms with E-state index in [1.54, 1.807) is 13.8 Å². The van der Waals surface area contributed by atoms with E-state index in [2.05, 4.69) is 5.32 Å². The first-order chi connectivity index (χ1) is 4.95. The summed E-state index contributed by atoms with van der Waals surface area (Å²) >= 11 is 0. The van der Waals surface area contributed by atoms with Crippen LogP contribution >= 0.6 is 0 Å². The summed E-state index contributed by atoms with van der Waals surface area (Å²) in [5, 5.41) is 10.7. The van der Waals surface area contributed by atoms with Crippen molar-refractivity contribution in [2.24, 2.45) is 5.92 Å². The lowest BCUT2D eigenvalue weighted by Gasteiger charge is -2.10. The molecule has 4 heteroatoms. The first-order valence-electron chi connectivity index (χ1n) is 3.48. The fourth-order valence-electron chi connectivity index (χ4n) is 0.442. The molecule has 1 unspecified atom stereocenters. The van der Waals surface area contributed by atoms with Gasteiger partial charge in [0.25, 0.3) is 0 Å². The molecule has 0 fully saturated rings. The van der Waals surface area contributed by atoms with Gasteiger partial charge in [-0.3, -0.25) is 9.59 Å². The molecule has 0 aromatic heterocycles. The highest BCUT2D eigenvalue weighted by Gasteiger charge is 2.15. The van der Waals surface area contributed by atoms with Crippen LogP contribution in [0.2, 0.25) is 0 Å². The monoisotopic (exact) mass is 159 g/mol. The van der Waals surface area contributed by atoms with Crippen molar-refractivity contribution < 1.29 is 14.7 Å². The molecular formula is C7H13NO3. The second-order valence-corrected chi connectivity index (χ2v) is 2.72. The molecule has 0 bridgehead atoms. The third-order valence-electron chi connectivity index (χ3n) is 1.25. The molecular weight excluding hydrogens is 146 g/mol. The summed E-state index contributed by atoms with van der Waals surface area (Å²) < 4.78 is 0. The molecule has 0 aliphatic heterocycles. The van der Waals surface area contributed by atoms with E-state index in [4.69, 9.17) is 5.11 Å². The average Bonchev–Trinajstić information content (AvgIpc) is 1.87. The maximum Gasteiger partial charge on any atom is 0.325 e. The molecule has 64 valence electrons. The molecule has 0 aliphatic rings. The van der Waals surface area contributed by atoms with E-state index in [0.29, 0.717) is 0 Å². The third-order valence-corrected chi connectivity index (χ3v) is 1.25. The molecule has 4 nitrogen and oxygen atoms in total. The van der Waals surface area contributed by atoms with Gasteiger partial charge in [0, 0.05) is 5.92 Å². The number of amides is 1. The smallest absolute Gasteiger partial charge is 0.325 e. The summed E-state index contributed by atoms with van der Waals surface area (Å²) in [7, 11) is 0. The summed E-state index contributed by atoms with van der Waals surface area (Å²) in [6, 6.07) is -0.801. The molecule has 1 amide bonds. The van der Waals surface area contributed by atoms with Crippen LogP contribution in [0, 0.1) is 5.92 Å². The highest BCUT2D eigenvalue weighted by atomic mass is 16.4. The van der Waals surface area contributed by atoms with Crippen molar-refractivity contribution >= 4 is 11.9 Å². The first-order valence-corrected chi connectivity index (χ1v) is 3.48. The Kier molecular flexibility index (Phi) is 3.57. The Bertz CT molecular complexity index is 165. The van der Waals surface area contributed by atoms with Crippen molar-refractivity contribution in [1.82, 2.24) is 5.32 Å². The zero-order valence-electron chi connectivity index (χ0n) is 6.92. The number of carboxylic acids is 1. The Morgan fingerprint density at radius 1 is 1.27 bits per heavy atom. The molecule has 11 heavy (non-hydrogen) atoms. The van der Waals surface area contributed by atoms with E-state index >= 15 is 0 Å². The van der Waals surface area contributed by atoms with Crippen molar-refractivity contribution in [3.8, 4) is 0 Å². The van der Waals surface area contributed by atoms with Crippen LogP contribution in [0.1, 0.15) is 20.8 Å². The minimum atomic E-state index is -1.01. The van der Waals surface area contributed by atoms with Crippen molar-refractivity contribution in [1.29, 1.82) is 0 Å². The van der Waals surface area contributed by atoms with Gasteiger partial charge in [-0.05, 0) is 6.92 Å². The van der Waals surface area contributed by atoms with Gasteiger partial charge >= 0.3 is 5.97 Å². The molecule has 0 saturated carbocycles. The maximum absolute atomic E-state index is 10.9. The van der Waals surface area contributed by atoms with Gasteiger partial charge < -0.3 is 10.4 Å². The van der Waals surface area contributed by atoms with Crippen LogP contribution in [-0.2, 0) is 9.59 Å². The second kappa shape index (κ2) is 3.95. The number of nitrogens with one attached hydrogen (secondary N) is 1. The standard InChI is InChI=1S/C7H13NO3/c1-4(2)6(9)8-5(3)7(10)11/h4-5H,1-3H3,(H,8,9)(H,10,11). The van der Waals surface area contributed by atoms with E-state index in [1.807, 2.05) is 0 Å². The highest BCUT2D eigenvalue weighted by Crippen LogP contribution is 1.92. The summed E-state index contributed by atoms with van der Waals surface area (Å²) in [4.78, 5) is 21.1. The zero-order valence-corrected chi connectivity index (χ0v) is 6.92. The second-order valence-electron chi connectivity index (χ2n) is 2.72. The summed E-state index contributed by atoms with van der Waals surface area (Å²) in [5.74, 6) is -1.42. The lowest BCUT2D eigenvalue weighted by atomic mass is 10.2. The van der Waals surface area contributed by atoms with Gasteiger partial charge in [0.05, 0.1) is 0 Å². The summed E-state index contributed by atoms with van der Waals surface area (Å²) in [5.41, 5.74) is 0. The zero-order chi connectivity index (χ0) is 9.02. The number of hydrogen-bond acceptors (Lipinski definition) is 2. The molecule has 0 heterocycles. The topological polar surface area (TPSA) is 66.4 Å². The molecule has 1 atom stereocenters. The summed E-state index contributed by atoms with van der Waals surface area (Å²) in [6.07, 6.45) is 0. The fraction of sp³-hybridized carbons (Fsp3) is 0.714. The van der Waals surface area contributed by atoms with E-state index in [-0.39, 0.29) is 11.8 Å². The number of carbonyl (C=O) groups excluding carboxylic acids is 1. The van der Waals surface area contributed by atoms with Crippen molar-refractivity contribution in [3.05, 3.63) is 0 Å². The number of hydrogen-bond donors (Lipinski definition) is 2. The van der Waals surface area contributed by atoms with Crippen LogP contribution in [0.5, 0.6) is 0 Å². The van der Waals surface area contributed by atoms with Gasteiger partial charge in [0.2, 0.25) is 5.91 Å². The predicted molar refractivity (Wildman–Crippen MR) is 40.1 cm³/mol. The van der Waals surface area contributed by atoms with Crippen LogP contribution in [0.15, 0.2) is 0 Å². The van der Waals surface area contributed by atoms with Gasteiger partial charge in [0.1, 0.15) is 6.04 Å². The van der Waals surface area contributed by atoms with E-state index < -0.39 is 12.0 Å². The Hall–Kier alpha value is -1.06. The van der Waals surface area contributed by atoms with Crippen LogP contribution in [0.3, 0.4) is 0 Å². The van der Waals surface area contributed by atoms with Crippen molar-refractivity contribution in [2.45, 2.75) is 26.8 Å². The third kappa shape index (κ3) is 3.60. The van der Waals surface area contributed by atoms with E-state index in [1.165, 1.54) is 6.92 Å². The first kappa shape index (κ1) is 9.94. The lowest BCUT2D eigenvalue weighted by molar-refractivity contribution is -0.141. The summed E-state index contributed by atoms with van der Waals surface area (Å²) in [6.45, 7) is 4.86. The molecule has 0 radical (unpaired) electrons. The molecule has 0 spiro atoms. The number of rotatable bonds is 3. The number of aliphatic carboxylic acids is 1. The van der Waals surface area contributed by atoms with Gasteiger partial charge in [0.15, 0.2) is 0 Å². The van der Waals surface area contributed by atoms with E-state index in [9.17, 15) is 9.59 Å². The van der Waals surface area contributed by atoms with Crippen LogP contribution < -0.4 is 5.32 Å². The largest absolute Gasteiger partial charge is 0.480 e. The van der Waals surface area contributed by atoms with Gasteiger partial charge in [-0.15, -0.1) is 0 Å². The molecule has 0 aromatic rings. The van der Waals surface area contributed by atoms with Crippen molar-refractivity contribution in [3.63, 3.8) is 0 Å². The Balaban J connectivity index is 3.85. The molecule has 0 aromatic carbocycles. The van der Waals surface area contributed by atoms with Crippen LogP contribution in [0.25, 0.3) is 0 Å². The van der Waals surface area contributed by atoms with Crippen molar-refractivity contribution in [2.75, 3.05) is 0 Å². The Morgan fingerprint density at radius 2 is 1.73 bits per heavy atom. The average molecular weight is 159 g/mol. The van der Waals surface area contributed by atoms with Gasteiger partial charge in [-0.25, -0.2) is 0 Å². The molecule has 0 saturated heterocycles. The minimum Gasteiger partial charge on any atom is -0.480 e. The lowest BCUT2D eigenvalue weighted by Crippen LogP contribution is -2.40. The number of carboxylic acid groups (broad SMARTS) is 1. The predicted octanol–water partition coefficient (Wildman–Crippen LogP) is 0.232. The fourth-order valence-corrected chi connectivity index (χ4v) is 0.442. The Labute approximate surface area is 65.6 Å². The van der Waals surface area contributed by atoms with Crippen LogP contribution in [0.4, 0.5) is 0 Å². The van der Waals surface area contributed by atoms with Gasteiger partial charge in [-0.1, -0.05) is 13.8 Å². The normalized spacial score (nSPS) is 12.7. The highest BCUT2D eigenvalue weighted by molar-refractivity contribution is 5.84. The Morgan fingerprint density at radius 3 is 2.00 bits per heavy atom. The molecule has 0 rings (SSSR count). The van der Waals surface area contributed by atoms with Gasteiger partial charge in [-0.2, -0.15) is 0 Å². The number of carbonyl (C=O) groups is 2. The molecule has 0 aliphatic carbocycles. The maximum atomic E-state index is 10.9. The SMILES string of the molecule is CC(C)C(=O)NC(C)C(=O)O.